The molecule has 1 heterocycles. The third-order valence-electron chi connectivity index (χ3n) is 3.15. The van der Waals surface area contributed by atoms with Gasteiger partial charge in [0.2, 0.25) is 0 Å². The van der Waals surface area contributed by atoms with E-state index in [4.69, 9.17) is 11.7 Å². The Morgan fingerprint density at radius 3 is 2.57 bits per heavy atom. The summed E-state index contributed by atoms with van der Waals surface area (Å²) in [6.45, 7) is 1.98. The molecule has 120 valence electrons. The summed E-state index contributed by atoms with van der Waals surface area (Å²) < 4.78 is 0.807. The highest BCUT2D eigenvalue weighted by Gasteiger charge is 2.17. The van der Waals surface area contributed by atoms with Crippen LogP contribution in [0.2, 0.25) is 0 Å². The van der Waals surface area contributed by atoms with Gasteiger partial charge < -0.3 is 0 Å². The number of hydrogen-bond acceptors (Lipinski definition) is 4. The molecular weight excluding hydrogens is 358 g/mol. The molecule has 0 aliphatic rings. The minimum Gasteiger partial charge on any atom is -0.264 e. The Bertz CT molecular complexity index is 728. The van der Waals surface area contributed by atoms with Gasteiger partial charge in [-0.2, -0.15) is 0 Å². The van der Waals surface area contributed by atoms with Crippen molar-refractivity contribution in [2.24, 2.45) is 11.7 Å². The molecule has 2 rings (SSSR count). The number of nitrogens with two attached hydrogens (primary N) is 2. The molecule has 0 spiro atoms. The number of carbonyl (C=O) groups excluding carboxylic acids is 1. The molecule has 4 N–H and O–H groups in total. The first-order chi connectivity index (χ1) is 10.9. The molecule has 0 aliphatic heterocycles. The first-order valence-electron chi connectivity index (χ1n) is 6.86. The van der Waals surface area contributed by atoms with Crippen molar-refractivity contribution in [1.82, 2.24) is 9.99 Å². The van der Waals surface area contributed by atoms with Crippen LogP contribution in [0.4, 0.5) is 10.5 Å². The first kappa shape index (κ1) is 17.1. The topological polar surface area (TPSA) is 88.5 Å². The predicted molar refractivity (Wildman–Crippen MR) is 96.1 cm³/mol. The molecule has 1 aromatic heterocycles. The van der Waals surface area contributed by atoms with Crippen molar-refractivity contribution in [3.8, 4) is 0 Å². The van der Waals surface area contributed by atoms with Crippen LogP contribution in [0, 0.1) is 6.92 Å². The van der Waals surface area contributed by atoms with Gasteiger partial charge in [0.1, 0.15) is 0 Å². The minimum atomic E-state index is -0.522. The molecule has 0 bridgehead atoms. The van der Waals surface area contributed by atoms with E-state index in [2.05, 4.69) is 20.9 Å². The highest BCUT2D eigenvalue weighted by molar-refractivity contribution is 9.10. The molecular formula is C16H18BrN5O. The van der Waals surface area contributed by atoms with Crippen LogP contribution in [0.1, 0.15) is 16.8 Å². The number of pyridine rings is 1. The molecule has 0 aliphatic carbocycles. The molecule has 7 heteroatoms. The molecule has 0 atom stereocenters. The number of anilines is 1. The van der Waals surface area contributed by atoms with Gasteiger partial charge in [-0.25, -0.2) is 21.5 Å². The SMILES string of the molecule is Cc1ccc(/C=C/c2c(Br)cccc2N(N)C(=O)N(C)N)nc1. The van der Waals surface area contributed by atoms with Crippen molar-refractivity contribution in [3.63, 3.8) is 0 Å². The van der Waals surface area contributed by atoms with E-state index < -0.39 is 6.03 Å². The summed E-state index contributed by atoms with van der Waals surface area (Å²) in [5.74, 6) is 11.4. The van der Waals surface area contributed by atoms with Crippen LogP contribution < -0.4 is 16.7 Å². The first-order valence-corrected chi connectivity index (χ1v) is 7.66. The smallest absolute Gasteiger partial charge is 0.264 e. The summed E-state index contributed by atoms with van der Waals surface area (Å²) in [5, 5.41) is 1.93. The van der Waals surface area contributed by atoms with Crippen LogP contribution in [0.5, 0.6) is 0 Å². The summed E-state index contributed by atoms with van der Waals surface area (Å²) in [4.78, 5) is 16.3. The molecule has 0 radical (unpaired) electrons. The minimum absolute atomic E-state index is 0.522. The maximum Gasteiger partial charge on any atom is 0.352 e. The van der Waals surface area contributed by atoms with Crippen molar-refractivity contribution in [1.29, 1.82) is 0 Å². The summed E-state index contributed by atoms with van der Waals surface area (Å²) in [6.07, 6.45) is 5.50. The third-order valence-corrected chi connectivity index (χ3v) is 3.84. The monoisotopic (exact) mass is 375 g/mol. The van der Waals surface area contributed by atoms with E-state index in [0.717, 1.165) is 31.3 Å². The van der Waals surface area contributed by atoms with Gasteiger partial charge in [-0.05, 0) is 42.8 Å². The van der Waals surface area contributed by atoms with Gasteiger partial charge >= 0.3 is 6.03 Å². The Morgan fingerprint density at radius 2 is 1.96 bits per heavy atom. The predicted octanol–water partition coefficient (Wildman–Crippen LogP) is 2.93. The largest absolute Gasteiger partial charge is 0.352 e. The van der Waals surface area contributed by atoms with E-state index in [1.165, 1.54) is 7.05 Å². The maximum absolute atomic E-state index is 12.0. The zero-order valence-corrected chi connectivity index (χ0v) is 14.5. The second-order valence-electron chi connectivity index (χ2n) is 5.03. The fourth-order valence-corrected chi connectivity index (χ4v) is 2.41. The molecule has 23 heavy (non-hydrogen) atoms. The molecule has 1 aromatic carbocycles. The van der Waals surface area contributed by atoms with E-state index in [-0.39, 0.29) is 0 Å². The van der Waals surface area contributed by atoms with Crippen LogP contribution in [0.25, 0.3) is 12.2 Å². The number of nitrogens with zero attached hydrogens (tertiary/aromatic N) is 3. The number of urea groups is 1. The van der Waals surface area contributed by atoms with Gasteiger partial charge in [0, 0.05) is 23.3 Å². The number of rotatable bonds is 3. The van der Waals surface area contributed by atoms with Gasteiger partial charge in [0.05, 0.1) is 11.4 Å². The number of hydrazine groups is 2. The highest BCUT2D eigenvalue weighted by Crippen LogP contribution is 2.29. The van der Waals surface area contributed by atoms with Crippen molar-refractivity contribution in [2.75, 3.05) is 12.1 Å². The van der Waals surface area contributed by atoms with E-state index >= 15 is 0 Å². The van der Waals surface area contributed by atoms with E-state index in [0.29, 0.717) is 5.69 Å². The average Bonchev–Trinajstić information content (AvgIpc) is 2.53. The second-order valence-corrected chi connectivity index (χ2v) is 5.88. The lowest BCUT2D eigenvalue weighted by Crippen LogP contribution is -2.48. The maximum atomic E-state index is 12.0. The number of amides is 2. The number of halogens is 1. The summed E-state index contributed by atoms with van der Waals surface area (Å²) in [6, 6.07) is 8.79. The molecule has 0 unspecified atom stereocenters. The Labute approximate surface area is 143 Å². The fraction of sp³-hybridized carbons (Fsp3) is 0.125. The third kappa shape index (κ3) is 4.16. The van der Waals surface area contributed by atoms with Crippen LogP contribution in [0.15, 0.2) is 41.0 Å². The zero-order chi connectivity index (χ0) is 17.0. The van der Waals surface area contributed by atoms with Gasteiger partial charge in [0.25, 0.3) is 0 Å². The zero-order valence-electron chi connectivity index (χ0n) is 12.9. The lowest BCUT2D eigenvalue weighted by atomic mass is 10.1. The van der Waals surface area contributed by atoms with Crippen molar-refractivity contribution >= 4 is 39.8 Å². The fourth-order valence-electron chi connectivity index (χ4n) is 1.92. The lowest BCUT2D eigenvalue weighted by Gasteiger charge is -2.22. The van der Waals surface area contributed by atoms with E-state index in [1.54, 1.807) is 18.3 Å². The molecule has 0 fully saturated rings. The number of carbonyl (C=O) groups is 1. The number of aromatic nitrogens is 1. The van der Waals surface area contributed by atoms with Gasteiger partial charge in [-0.15, -0.1) is 0 Å². The van der Waals surface area contributed by atoms with Gasteiger partial charge in [-0.1, -0.05) is 28.1 Å². The van der Waals surface area contributed by atoms with Crippen molar-refractivity contribution in [3.05, 3.63) is 57.8 Å². The Balaban J connectivity index is 2.38. The van der Waals surface area contributed by atoms with Crippen LogP contribution in [-0.2, 0) is 0 Å². The highest BCUT2D eigenvalue weighted by atomic mass is 79.9. The van der Waals surface area contributed by atoms with Crippen molar-refractivity contribution in [2.45, 2.75) is 6.92 Å². The van der Waals surface area contributed by atoms with Crippen LogP contribution in [0.3, 0.4) is 0 Å². The molecule has 2 aromatic rings. The average molecular weight is 376 g/mol. The number of benzene rings is 1. The van der Waals surface area contributed by atoms with E-state index in [9.17, 15) is 4.79 Å². The lowest BCUT2D eigenvalue weighted by molar-refractivity contribution is 0.216. The molecule has 6 nitrogen and oxygen atoms in total. The number of aryl methyl sites for hydroxylation is 1. The molecule has 2 amide bonds. The summed E-state index contributed by atoms with van der Waals surface area (Å²) in [5.41, 5.74) is 3.19. The standard InChI is InChI=1S/C16H18BrN5O/c1-11-6-7-12(20-10-11)8-9-13-14(17)4-3-5-15(13)22(19)16(23)21(2)18/h3-10H,18-19H2,1-2H3/b9-8+. The Morgan fingerprint density at radius 1 is 1.22 bits per heavy atom. The molecule has 0 saturated heterocycles. The van der Waals surface area contributed by atoms with Crippen LogP contribution >= 0.6 is 15.9 Å². The molecule has 0 saturated carbocycles. The van der Waals surface area contributed by atoms with Crippen molar-refractivity contribution < 1.29 is 4.79 Å². The summed E-state index contributed by atoms with van der Waals surface area (Å²) in [7, 11) is 1.44. The summed E-state index contributed by atoms with van der Waals surface area (Å²) >= 11 is 3.48. The second kappa shape index (κ2) is 7.36. The van der Waals surface area contributed by atoms with E-state index in [1.807, 2.05) is 37.3 Å². The Hall–Kier alpha value is -2.22. The van der Waals surface area contributed by atoms with Gasteiger partial charge in [0.15, 0.2) is 0 Å². The van der Waals surface area contributed by atoms with Crippen LogP contribution in [-0.4, -0.2) is 23.1 Å². The normalized spacial score (nSPS) is 10.8. The number of hydrogen-bond donors (Lipinski definition) is 2. The quantitative estimate of drug-likeness (QED) is 0.490. The Kier molecular flexibility index (Phi) is 5.49. The van der Waals surface area contributed by atoms with Gasteiger partial charge in [-0.3, -0.25) is 9.99 Å².